The minimum atomic E-state index is -0.176. The number of piperidine rings is 1. The van der Waals surface area contributed by atoms with Gasteiger partial charge in [-0.25, -0.2) is 0 Å². The lowest BCUT2D eigenvalue weighted by Crippen LogP contribution is -2.48. The lowest BCUT2D eigenvalue weighted by molar-refractivity contribution is -0.141. The lowest BCUT2D eigenvalue weighted by atomic mass is 9.94. The molecule has 0 radical (unpaired) electrons. The zero-order valence-electron chi connectivity index (χ0n) is 14.1. The quantitative estimate of drug-likeness (QED) is 0.801. The molecule has 128 valence electrons. The topological polar surface area (TPSA) is 38.1 Å². The van der Waals surface area contributed by atoms with E-state index in [0.29, 0.717) is 11.9 Å². The molecular weight excluding hydrogens is 318 g/mol. The minimum absolute atomic E-state index is 0.176. The van der Waals surface area contributed by atoms with Gasteiger partial charge in [-0.05, 0) is 62.5 Å². The number of nitrogens with zero attached hydrogens (tertiary/aromatic N) is 3. The zero-order valence-corrected chi connectivity index (χ0v) is 14.9. The summed E-state index contributed by atoms with van der Waals surface area (Å²) in [5.74, 6) is 0.383. The Labute approximate surface area is 147 Å². The van der Waals surface area contributed by atoms with Crippen LogP contribution in [0.3, 0.4) is 0 Å². The van der Waals surface area contributed by atoms with Crippen molar-refractivity contribution >= 4 is 17.2 Å². The molecule has 1 unspecified atom stereocenters. The van der Waals surface area contributed by atoms with Crippen LogP contribution in [0.1, 0.15) is 43.4 Å². The monoisotopic (exact) mass is 343 g/mol. The summed E-state index contributed by atoms with van der Waals surface area (Å²) >= 11 is 1.83. The summed E-state index contributed by atoms with van der Waals surface area (Å²) in [5, 5.41) is 6.45. The average molecular weight is 343 g/mol. The Morgan fingerprint density at radius 2 is 2.25 bits per heavy atom. The highest BCUT2D eigenvalue weighted by molar-refractivity contribution is 7.09. The second-order valence-electron chi connectivity index (χ2n) is 7.25. The normalized spacial score (nSPS) is 22.5. The molecule has 1 atom stereocenters. The molecule has 0 spiro atoms. The van der Waals surface area contributed by atoms with Crippen molar-refractivity contribution in [3.05, 3.63) is 40.8 Å². The highest BCUT2D eigenvalue weighted by Crippen LogP contribution is 2.49. The summed E-state index contributed by atoms with van der Waals surface area (Å²) in [7, 11) is 0. The van der Waals surface area contributed by atoms with Crippen molar-refractivity contribution in [2.75, 3.05) is 6.54 Å². The third kappa shape index (κ3) is 3.27. The number of thiophene rings is 1. The molecule has 24 heavy (non-hydrogen) atoms. The van der Waals surface area contributed by atoms with E-state index < -0.39 is 0 Å². The van der Waals surface area contributed by atoms with Gasteiger partial charge in [-0.15, -0.1) is 11.3 Å². The Balaban J connectivity index is 1.43. The first-order valence-corrected chi connectivity index (χ1v) is 9.96. The van der Waals surface area contributed by atoms with Crippen molar-refractivity contribution in [1.29, 1.82) is 0 Å². The average Bonchev–Trinajstić information content (AvgIpc) is 3.02. The molecule has 2 fully saturated rings. The van der Waals surface area contributed by atoms with Crippen LogP contribution in [-0.2, 0) is 17.8 Å². The number of rotatable bonds is 6. The third-order valence-electron chi connectivity index (χ3n) is 5.52. The largest absolute Gasteiger partial charge is 0.339 e. The fourth-order valence-electron chi connectivity index (χ4n) is 3.93. The van der Waals surface area contributed by atoms with Crippen LogP contribution in [0, 0.1) is 5.41 Å². The number of carbonyl (C=O) groups is 1. The number of aromatic nitrogens is 2. The molecule has 5 heteroatoms. The van der Waals surface area contributed by atoms with E-state index in [4.69, 9.17) is 0 Å². The Morgan fingerprint density at radius 3 is 2.96 bits per heavy atom. The van der Waals surface area contributed by atoms with E-state index in [1.807, 2.05) is 28.3 Å². The molecule has 1 saturated carbocycles. The zero-order chi connectivity index (χ0) is 16.4. The molecule has 2 aromatic heterocycles. The molecule has 2 aromatic rings. The van der Waals surface area contributed by atoms with Crippen LogP contribution in [0.4, 0.5) is 0 Å². The molecule has 0 bridgehead atoms. The summed E-state index contributed by atoms with van der Waals surface area (Å²) in [6.07, 6.45) is 11.6. The summed E-state index contributed by atoms with van der Waals surface area (Å²) in [6, 6.07) is 6.68. The van der Waals surface area contributed by atoms with E-state index in [0.717, 1.165) is 51.6 Å². The number of hydrogen-bond donors (Lipinski definition) is 0. The van der Waals surface area contributed by atoms with Gasteiger partial charge in [0.05, 0.1) is 12.0 Å². The SMILES string of the molecule is O=C(N1CCCCC1CCc1cccs1)C1(Cn2cccn2)CC1. The first-order valence-electron chi connectivity index (χ1n) is 9.08. The lowest BCUT2D eigenvalue weighted by Gasteiger charge is -2.38. The van der Waals surface area contributed by atoms with Crippen molar-refractivity contribution in [3.63, 3.8) is 0 Å². The van der Waals surface area contributed by atoms with E-state index in [1.54, 1.807) is 6.20 Å². The van der Waals surface area contributed by atoms with Crippen LogP contribution in [0.5, 0.6) is 0 Å². The van der Waals surface area contributed by atoms with Crippen LogP contribution in [0.25, 0.3) is 0 Å². The highest BCUT2D eigenvalue weighted by Gasteiger charge is 2.53. The number of likely N-dealkylation sites (tertiary alicyclic amines) is 1. The van der Waals surface area contributed by atoms with Crippen LogP contribution in [0.2, 0.25) is 0 Å². The van der Waals surface area contributed by atoms with Gasteiger partial charge in [0.1, 0.15) is 0 Å². The van der Waals surface area contributed by atoms with Crippen molar-refractivity contribution in [1.82, 2.24) is 14.7 Å². The van der Waals surface area contributed by atoms with Gasteiger partial charge >= 0.3 is 0 Å². The molecule has 1 saturated heterocycles. The van der Waals surface area contributed by atoms with Crippen molar-refractivity contribution < 1.29 is 4.79 Å². The first-order chi connectivity index (χ1) is 11.8. The highest BCUT2D eigenvalue weighted by atomic mass is 32.1. The first kappa shape index (κ1) is 15.9. The Kier molecular flexibility index (Phi) is 4.44. The van der Waals surface area contributed by atoms with Crippen LogP contribution in [-0.4, -0.2) is 33.2 Å². The van der Waals surface area contributed by atoms with Gasteiger partial charge < -0.3 is 4.90 Å². The van der Waals surface area contributed by atoms with Crippen molar-refractivity contribution in [2.45, 2.75) is 57.5 Å². The molecule has 0 N–H and O–H groups in total. The van der Waals surface area contributed by atoms with Gasteiger partial charge in [0.25, 0.3) is 0 Å². The molecule has 3 heterocycles. The van der Waals surface area contributed by atoms with Crippen LogP contribution in [0.15, 0.2) is 36.0 Å². The van der Waals surface area contributed by atoms with Gasteiger partial charge in [0, 0.05) is 29.9 Å². The van der Waals surface area contributed by atoms with Gasteiger partial charge in [-0.2, -0.15) is 5.10 Å². The standard InChI is InChI=1S/C19H25N3OS/c23-18(19(9-10-19)15-21-12-4-11-20-21)22-13-2-1-5-16(22)7-8-17-6-3-14-24-17/h3-4,6,11-12,14,16H,1-2,5,7-10,13,15H2. The van der Waals surface area contributed by atoms with Crippen molar-refractivity contribution in [2.24, 2.45) is 5.41 Å². The second kappa shape index (κ2) is 6.71. The number of amides is 1. The van der Waals surface area contributed by atoms with Gasteiger partial charge in [-0.3, -0.25) is 9.48 Å². The van der Waals surface area contributed by atoms with Gasteiger partial charge in [0.2, 0.25) is 5.91 Å². The van der Waals surface area contributed by atoms with Gasteiger partial charge in [0.15, 0.2) is 0 Å². The molecule has 0 aromatic carbocycles. The van der Waals surface area contributed by atoms with E-state index in [9.17, 15) is 4.79 Å². The molecular formula is C19H25N3OS. The minimum Gasteiger partial charge on any atom is -0.339 e. The summed E-state index contributed by atoms with van der Waals surface area (Å²) in [5.41, 5.74) is -0.176. The number of carbonyl (C=O) groups excluding carboxylic acids is 1. The fraction of sp³-hybridized carbons (Fsp3) is 0.579. The second-order valence-corrected chi connectivity index (χ2v) is 8.28. The van der Waals surface area contributed by atoms with E-state index >= 15 is 0 Å². The van der Waals surface area contributed by atoms with Crippen LogP contribution < -0.4 is 0 Å². The molecule has 1 amide bonds. The maximum Gasteiger partial charge on any atom is 0.230 e. The molecule has 2 aliphatic rings. The Morgan fingerprint density at radius 1 is 1.33 bits per heavy atom. The van der Waals surface area contributed by atoms with Gasteiger partial charge in [-0.1, -0.05) is 6.07 Å². The van der Waals surface area contributed by atoms with Crippen molar-refractivity contribution in [3.8, 4) is 0 Å². The predicted octanol–water partition coefficient (Wildman–Crippen LogP) is 3.74. The fourth-order valence-corrected chi connectivity index (χ4v) is 4.66. The third-order valence-corrected chi connectivity index (χ3v) is 6.46. The van der Waals surface area contributed by atoms with E-state index in [2.05, 4.69) is 27.5 Å². The van der Waals surface area contributed by atoms with Crippen LogP contribution >= 0.6 is 11.3 Å². The number of aryl methyl sites for hydroxylation is 1. The Bertz CT molecular complexity index is 661. The summed E-state index contributed by atoms with van der Waals surface area (Å²) < 4.78 is 1.93. The smallest absolute Gasteiger partial charge is 0.230 e. The Hall–Kier alpha value is -1.62. The molecule has 1 aliphatic carbocycles. The summed E-state index contributed by atoms with van der Waals surface area (Å²) in [4.78, 5) is 16.9. The molecule has 4 rings (SSSR count). The maximum atomic E-state index is 13.3. The maximum absolute atomic E-state index is 13.3. The summed E-state index contributed by atoms with van der Waals surface area (Å²) in [6.45, 7) is 1.68. The number of hydrogen-bond acceptors (Lipinski definition) is 3. The molecule has 1 aliphatic heterocycles. The molecule has 4 nitrogen and oxygen atoms in total. The predicted molar refractivity (Wildman–Crippen MR) is 95.9 cm³/mol. The van der Waals surface area contributed by atoms with E-state index in [-0.39, 0.29) is 5.41 Å². The van der Waals surface area contributed by atoms with E-state index in [1.165, 1.54) is 11.3 Å².